The van der Waals surface area contributed by atoms with E-state index in [4.69, 9.17) is 0 Å². The molecule has 66 heavy (non-hydrogen) atoms. The van der Waals surface area contributed by atoms with Crippen LogP contribution in [0.1, 0.15) is 0 Å². The van der Waals surface area contributed by atoms with E-state index in [-0.39, 0.29) is 11.1 Å². The predicted octanol–water partition coefficient (Wildman–Crippen LogP) is 13.7. The lowest BCUT2D eigenvalue weighted by atomic mass is 9.93. The van der Waals surface area contributed by atoms with Crippen molar-refractivity contribution >= 4 is 43.4 Å². The van der Waals surface area contributed by atoms with Crippen LogP contribution in [-0.4, -0.2) is 19.1 Å². The van der Waals surface area contributed by atoms with Gasteiger partial charge in [-0.1, -0.05) is 194 Å². The van der Waals surface area contributed by atoms with Crippen molar-refractivity contribution in [1.29, 1.82) is 0 Å². The van der Waals surface area contributed by atoms with Crippen molar-refractivity contribution < 1.29 is 0 Å². The van der Waals surface area contributed by atoms with Gasteiger partial charge in [0.1, 0.15) is 0 Å². The fraction of sp³-hybridized carbons (Fsp3) is 0. The molecule has 8 aromatic carbocycles. The number of nitrogens with zero attached hydrogens (tertiary/aromatic N) is 4. The maximum Gasteiger partial charge on any atom is 0.263 e. The van der Waals surface area contributed by atoms with Crippen molar-refractivity contribution in [3.63, 3.8) is 0 Å². The summed E-state index contributed by atoms with van der Waals surface area (Å²) >= 11 is 0. The highest BCUT2D eigenvalue weighted by Crippen LogP contribution is 2.40. The molecule has 312 valence electrons. The number of aromatic nitrogens is 4. The first-order chi connectivity index (χ1) is 32.7. The third kappa shape index (κ3) is 7.03. The van der Waals surface area contributed by atoms with E-state index in [1.54, 1.807) is 12.4 Å². The van der Waals surface area contributed by atoms with Gasteiger partial charge in [0, 0.05) is 45.1 Å². The molecule has 0 spiro atoms. The molecular formula is C60H40N4O2. The Morgan fingerprint density at radius 1 is 0.288 bits per heavy atom. The molecule has 0 atom stereocenters. The fourth-order valence-corrected chi connectivity index (χ4v) is 9.23. The lowest BCUT2D eigenvalue weighted by Crippen LogP contribution is -2.22. The largest absolute Gasteiger partial charge is 0.274 e. The highest BCUT2D eigenvalue weighted by Gasteiger charge is 2.23. The molecule has 4 aromatic heterocycles. The smallest absolute Gasteiger partial charge is 0.263 e. The molecule has 0 unspecified atom stereocenters. The number of para-hydroxylation sites is 2. The molecule has 6 nitrogen and oxygen atoms in total. The summed E-state index contributed by atoms with van der Waals surface area (Å²) in [5.41, 5.74) is 10.9. The van der Waals surface area contributed by atoms with Crippen LogP contribution in [0, 0.1) is 0 Å². The van der Waals surface area contributed by atoms with Gasteiger partial charge in [0.25, 0.3) is 11.1 Å². The van der Waals surface area contributed by atoms with Crippen LogP contribution < -0.4 is 11.1 Å². The molecule has 0 saturated heterocycles. The van der Waals surface area contributed by atoms with Gasteiger partial charge in [-0.3, -0.25) is 28.7 Å². The van der Waals surface area contributed by atoms with E-state index in [2.05, 4.69) is 58.5 Å². The summed E-state index contributed by atoms with van der Waals surface area (Å²) in [4.78, 5) is 37.5. The van der Waals surface area contributed by atoms with Crippen LogP contribution in [0.25, 0.3) is 99.5 Å². The molecule has 4 heterocycles. The van der Waals surface area contributed by atoms with Gasteiger partial charge >= 0.3 is 0 Å². The zero-order chi connectivity index (χ0) is 44.4. The molecule has 0 aliphatic carbocycles. The summed E-state index contributed by atoms with van der Waals surface area (Å²) in [7, 11) is 0. The molecule has 0 bridgehead atoms. The molecule has 0 amide bonds. The van der Waals surface area contributed by atoms with Crippen LogP contribution in [0.3, 0.4) is 0 Å². The molecule has 6 heteroatoms. The molecule has 0 aliphatic heterocycles. The number of pyridine rings is 4. The van der Waals surface area contributed by atoms with Crippen molar-refractivity contribution in [2.45, 2.75) is 0 Å². The normalized spacial score (nSPS) is 11.2. The number of benzene rings is 8. The van der Waals surface area contributed by atoms with Crippen molar-refractivity contribution in [1.82, 2.24) is 19.1 Å². The standard InChI is InChI=1S/2C30H20N2O/c2*33-30-25-18-8-7-17-24(25)27(21-11-3-1-4-12-21)29(23-13-5-2-6-14-23)32(30)26-19-9-15-22-16-10-20-31-28(22)26/h2*1-20H. The van der Waals surface area contributed by atoms with E-state index < -0.39 is 0 Å². The lowest BCUT2D eigenvalue weighted by molar-refractivity contribution is 1.02. The van der Waals surface area contributed by atoms with Gasteiger partial charge in [-0.05, 0) is 69.4 Å². The highest BCUT2D eigenvalue weighted by molar-refractivity contribution is 6.05. The minimum absolute atomic E-state index is 0.0534. The minimum Gasteiger partial charge on any atom is -0.274 e. The quantitative estimate of drug-likeness (QED) is 0.167. The molecule has 0 saturated carbocycles. The molecule has 0 fully saturated rings. The van der Waals surface area contributed by atoms with E-state index >= 15 is 0 Å². The SMILES string of the molecule is O=c1c2ccccc2c(-c2ccccc2)c(-c2ccccc2)n1-c1cccc2cccnc12.O=c1c2ccccc2c(-c2ccccc2)c(-c2ccccc2)n1-c1cccc2cccnc12. The Balaban J connectivity index is 0.000000146. The average Bonchev–Trinajstić information content (AvgIpc) is 3.39. The van der Waals surface area contributed by atoms with Gasteiger partial charge in [-0.25, -0.2) is 0 Å². The Morgan fingerprint density at radius 3 is 0.985 bits per heavy atom. The molecule has 0 radical (unpaired) electrons. The third-order valence-corrected chi connectivity index (χ3v) is 12.1. The van der Waals surface area contributed by atoms with E-state index in [0.717, 1.165) is 88.7 Å². The first-order valence-electron chi connectivity index (χ1n) is 21.9. The fourth-order valence-electron chi connectivity index (χ4n) is 9.23. The predicted molar refractivity (Wildman–Crippen MR) is 271 cm³/mol. The molecule has 12 aromatic rings. The van der Waals surface area contributed by atoms with Gasteiger partial charge in [0.2, 0.25) is 0 Å². The zero-order valence-corrected chi connectivity index (χ0v) is 35.7. The van der Waals surface area contributed by atoms with Crippen molar-refractivity contribution in [3.05, 3.63) is 264 Å². The Morgan fingerprint density at radius 2 is 0.606 bits per heavy atom. The Kier molecular flexibility index (Phi) is 10.4. The average molecular weight is 849 g/mol. The van der Waals surface area contributed by atoms with Crippen LogP contribution in [0.2, 0.25) is 0 Å². The second kappa shape index (κ2) is 17.3. The number of rotatable bonds is 6. The summed E-state index contributed by atoms with van der Waals surface area (Å²) in [5.74, 6) is 0. The monoisotopic (exact) mass is 848 g/mol. The summed E-state index contributed by atoms with van der Waals surface area (Å²) in [5, 5.41) is 5.24. The molecule has 0 aliphatic rings. The van der Waals surface area contributed by atoms with E-state index in [9.17, 15) is 9.59 Å². The van der Waals surface area contributed by atoms with E-state index in [0.29, 0.717) is 10.8 Å². The summed E-state index contributed by atoms with van der Waals surface area (Å²) < 4.78 is 3.69. The zero-order valence-electron chi connectivity index (χ0n) is 35.7. The topological polar surface area (TPSA) is 69.8 Å². The maximum atomic E-state index is 14.1. The highest BCUT2D eigenvalue weighted by atomic mass is 16.1. The molecular weight excluding hydrogens is 809 g/mol. The van der Waals surface area contributed by atoms with Crippen LogP contribution in [0.4, 0.5) is 0 Å². The van der Waals surface area contributed by atoms with Gasteiger partial charge in [0.05, 0.1) is 33.8 Å². The van der Waals surface area contributed by atoms with Crippen molar-refractivity contribution in [2.75, 3.05) is 0 Å². The number of hydrogen-bond donors (Lipinski definition) is 0. The summed E-state index contributed by atoms with van der Waals surface area (Å²) in [6.45, 7) is 0. The van der Waals surface area contributed by atoms with Gasteiger partial charge < -0.3 is 0 Å². The number of fused-ring (bicyclic) bond motifs is 4. The first kappa shape index (κ1) is 39.8. The van der Waals surface area contributed by atoms with Crippen molar-refractivity contribution in [3.8, 4) is 56.1 Å². The summed E-state index contributed by atoms with van der Waals surface area (Å²) in [6, 6.07) is 76.4. The van der Waals surface area contributed by atoms with Crippen LogP contribution in [0.5, 0.6) is 0 Å². The Bertz CT molecular complexity index is 3580. The van der Waals surface area contributed by atoms with Gasteiger partial charge in [-0.15, -0.1) is 0 Å². The second-order valence-electron chi connectivity index (χ2n) is 16.0. The second-order valence-corrected chi connectivity index (χ2v) is 16.0. The lowest BCUT2D eigenvalue weighted by Gasteiger charge is -2.21. The van der Waals surface area contributed by atoms with Gasteiger partial charge in [0.15, 0.2) is 0 Å². The minimum atomic E-state index is -0.0534. The molecule has 0 N–H and O–H groups in total. The Hall–Kier alpha value is -9.00. The van der Waals surface area contributed by atoms with Gasteiger partial charge in [-0.2, -0.15) is 0 Å². The van der Waals surface area contributed by atoms with E-state index in [1.807, 2.05) is 191 Å². The third-order valence-electron chi connectivity index (χ3n) is 12.1. The first-order valence-corrected chi connectivity index (χ1v) is 21.9. The van der Waals surface area contributed by atoms with Crippen LogP contribution in [0.15, 0.2) is 253 Å². The van der Waals surface area contributed by atoms with Crippen LogP contribution >= 0.6 is 0 Å². The van der Waals surface area contributed by atoms with Crippen molar-refractivity contribution in [2.24, 2.45) is 0 Å². The van der Waals surface area contributed by atoms with E-state index in [1.165, 1.54) is 0 Å². The maximum absolute atomic E-state index is 14.1. The number of hydrogen-bond acceptors (Lipinski definition) is 4. The van der Waals surface area contributed by atoms with Crippen LogP contribution in [-0.2, 0) is 0 Å². The summed E-state index contributed by atoms with van der Waals surface area (Å²) in [6.07, 6.45) is 3.55. The Labute approximate surface area is 380 Å². The molecule has 12 rings (SSSR count).